The predicted molar refractivity (Wildman–Crippen MR) is 128 cm³/mol. The van der Waals surface area contributed by atoms with Crippen LogP contribution in [0.4, 0.5) is 5.82 Å². The summed E-state index contributed by atoms with van der Waals surface area (Å²) in [6, 6.07) is 7.99. The van der Waals surface area contributed by atoms with Crippen molar-refractivity contribution in [1.29, 1.82) is 0 Å². The van der Waals surface area contributed by atoms with Crippen molar-refractivity contribution in [1.82, 2.24) is 15.3 Å². The molecule has 0 spiro atoms. The average Bonchev–Trinajstić information content (AvgIpc) is 3.77. The van der Waals surface area contributed by atoms with Crippen molar-refractivity contribution in [2.24, 2.45) is 11.3 Å². The van der Waals surface area contributed by atoms with E-state index in [-0.39, 0.29) is 23.5 Å². The van der Waals surface area contributed by atoms with Crippen LogP contribution in [0.3, 0.4) is 0 Å². The fourth-order valence-corrected chi connectivity index (χ4v) is 4.25. The molecule has 182 valence electrons. The summed E-state index contributed by atoms with van der Waals surface area (Å²) in [5.74, 6) is 3.46. The normalized spacial score (nSPS) is 21.6. The van der Waals surface area contributed by atoms with Crippen LogP contribution in [0.5, 0.6) is 17.4 Å². The highest BCUT2D eigenvalue weighted by Crippen LogP contribution is 2.45. The highest BCUT2D eigenvalue weighted by atomic mass is 16.5. The second-order valence-electron chi connectivity index (χ2n) is 10.1. The molecular formula is C26H34N4O4. The Labute approximate surface area is 201 Å². The van der Waals surface area contributed by atoms with Gasteiger partial charge in [0, 0.05) is 18.4 Å². The molecule has 8 heteroatoms. The number of carbonyl (C=O) groups is 1. The Hall–Kier alpha value is -3.03. The molecule has 2 aromatic rings. The summed E-state index contributed by atoms with van der Waals surface area (Å²) >= 11 is 0. The summed E-state index contributed by atoms with van der Waals surface area (Å²) in [7, 11) is 1.63. The second-order valence-corrected chi connectivity index (χ2v) is 10.1. The Morgan fingerprint density at radius 2 is 1.97 bits per heavy atom. The van der Waals surface area contributed by atoms with Gasteiger partial charge in [-0.3, -0.25) is 4.79 Å². The maximum Gasteiger partial charge on any atom is 0.262 e. The number of rotatable bonds is 10. The van der Waals surface area contributed by atoms with E-state index in [1.54, 1.807) is 7.11 Å². The highest BCUT2D eigenvalue weighted by Gasteiger charge is 2.45. The van der Waals surface area contributed by atoms with Gasteiger partial charge in [-0.15, -0.1) is 0 Å². The number of ether oxygens (including phenoxy) is 3. The predicted octanol–water partition coefficient (Wildman–Crippen LogP) is 3.91. The van der Waals surface area contributed by atoms with Crippen LogP contribution in [-0.2, 0) is 4.79 Å². The molecule has 0 unspecified atom stereocenters. The van der Waals surface area contributed by atoms with Gasteiger partial charge >= 0.3 is 0 Å². The molecule has 5 rings (SSSR count). The summed E-state index contributed by atoms with van der Waals surface area (Å²) in [5, 5.41) is 3.13. The Morgan fingerprint density at radius 1 is 1.21 bits per heavy atom. The Bertz CT molecular complexity index is 1020. The lowest BCUT2D eigenvalue weighted by atomic mass is 10.1. The minimum atomic E-state index is -0.165. The van der Waals surface area contributed by atoms with Crippen LogP contribution < -0.4 is 24.4 Å². The first kappa shape index (κ1) is 22.7. The molecule has 1 aliphatic heterocycles. The van der Waals surface area contributed by atoms with Crippen LogP contribution in [0.25, 0.3) is 0 Å². The maximum atomic E-state index is 12.3. The van der Waals surface area contributed by atoms with Crippen LogP contribution in [-0.4, -0.2) is 48.8 Å². The fraction of sp³-hybridized carbons (Fsp3) is 0.577. The maximum absolute atomic E-state index is 12.3. The molecule has 2 atom stereocenters. The van der Waals surface area contributed by atoms with Gasteiger partial charge in [-0.05, 0) is 56.2 Å². The van der Waals surface area contributed by atoms with E-state index in [1.807, 2.05) is 38.1 Å². The molecule has 1 aromatic heterocycles. The third-order valence-corrected chi connectivity index (χ3v) is 7.13. The zero-order chi connectivity index (χ0) is 23.7. The molecule has 1 aromatic carbocycles. The minimum absolute atomic E-state index is 0.0255. The van der Waals surface area contributed by atoms with E-state index in [9.17, 15) is 4.79 Å². The third kappa shape index (κ3) is 5.05. The minimum Gasteiger partial charge on any atom is -0.489 e. The molecule has 2 heterocycles. The summed E-state index contributed by atoms with van der Waals surface area (Å²) in [4.78, 5) is 23.2. The van der Waals surface area contributed by atoms with Gasteiger partial charge in [0.2, 0.25) is 11.7 Å². The van der Waals surface area contributed by atoms with Crippen molar-refractivity contribution in [3.8, 4) is 17.4 Å². The van der Waals surface area contributed by atoms with Crippen molar-refractivity contribution in [3.05, 3.63) is 36.2 Å². The monoisotopic (exact) mass is 466 g/mol. The smallest absolute Gasteiger partial charge is 0.262 e. The lowest BCUT2D eigenvalue weighted by Gasteiger charge is -2.21. The van der Waals surface area contributed by atoms with Gasteiger partial charge in [0.15, 0.2) is 5.82 Å². The van der Waals surface area contributed by atoms with Crippen LogP contribution in [0.1, 0.15) is 57.6 Å². The molecule has 34 heavy (non-hydrogen) atoms. The van der Waals surface area contributed by atoms with E-state index in [0.29, 0.717) is 30.7 Å². The number of hydrogen-bond donors (Lipinski definition) is 1. The number of hydrogen-bond acceptors (Lipinski definition) is 7. The van der Waals surface area contributed by atoms with Crippen LogP contribution in [0.2, 0.25) is 0 Å². The number of aromatic nitrogens is 2. The second kappa shape index (κ2) is 9.31. The molecular weight excluding hydrogens is 432 g/mol. The van der Waals surface area contributed by atoms with Gasteiger partial charge in [0.1, 0.15) is 18.2 Å². The van der Waals surface area contributed by atoms with Gasteiger partial charge in [0.25, 0.3) is 5.88 Å². The van der Waals surface area contributed by atoms with Crippen molar-refractivity contribution in [3.63, 3.8) is 0 Å². The number of nitrogens with zero attached hydrogens (tertiary/aromatic N) is 3. The van der Waals surface area contributed by atoms with E-state index in [0.717, 1.165) is 42.9 Å². The number of benzene rings is 1. The first-order valence-corrected chi connectivity index (χ1v) is 12.3. The fourth-order valence-electron chi connectivity index (χ4n) is 4.25. The van der Waals surface area contributed by atoms with Gasteiger partial charge in [0.05, 0.1) is 26.3 Å². The van der Waals surface area contributed by atoms with Gasteiger partial charge < -0.3 is 24.4 Å². The molecule has 0 bridgehead atoms. The quantitative estimate of drug-likeness (QED) is 0.568. The molecule has 8 nitrogen and oxygen atoms in total. The zero-order valence-electron chi connectivity index (χ0n) is 20.3. The topological polar surface area (TPSA) is 85.8 Å². The molecule has 3 aliphatic rings. The first-order valence-electron chi connectivity index (χ1n) is 12.3. The highest BCUT2D eigenvalue weighted by molar-refractivity contribution is 5.85. The van der Waals surface area contributed by atoms with E-state index in [4.69, 9.17) is 14.2 Å². The molecule has 3 fully saturated rings. The van der Waals surface area contributed by atoms with E-state index < -0.39 is 0 Å². The lowest BCUT2D eigenvalue weighted by molar-refractivity contribution is -0.126. The largest absolute Gasteiger partial charge is 0.489 e. The number of amides is 1. The van der Waals surface area contributed by atoms with Crippen LogP contribution in [0.15, 0.2) is 30.6 Å². The molecule has 2 saturated carbocycles. The van der Waals surface area contributed by atoms with Crippen molar-refractivity contribution in [2.75, 3.05) is 31.7 Å². The van der Waals surface area contributed by atoms with Crippen LogP contribution >= 0.6 is 0 Å². The summed E-state index contributed by atoms with van der Waals surface area (Å²) in [5.41, 5.74) is 0.907. The van der Waals surface area contributed by atoms with Gasteiger partial charge in [-0.25, -0.2) is 4.98 Å². The summed E-state index contributed by atoms with van der Waals surface area (Å²) in [6.45, 7) is 6.25. The third-order valence-electron chi connectivity index (χ3n) is 7.13. The first-order chi connectivity index (χ1) is 16.4. The molecule has 1 N–H and O–H groups in total. The van der Waals surface area contributed by atoms with E-state index in [1.165, 1.54) is 19.2 Å². The molecule has 1 amide bonds. The number of anilines is 1. The number of methoxy groups -OCH3 is 1. The van der Waals surface area contributed by atoms with Crippen LogP contribution in [0, 0.1) is 11.3 Å². The SMILES string of the molecule is COc1c(OCC2CC2)ncnc1N1CC[C@@H](Oc2ccc([C@H](C)NC(=O)C3(C)CC3)cc2)C1. The average molecular weight is 467 g/mol. The molecule has 1 saturated heterocycles. The summed E-state index contributed by atoms with van der Waals surface area (Å²) < 4.78 is 17.8. The van der Waals surface area contributed by atoms with Crippen molar-refractivity contribution in [2.45, 2.75) is 58.1 Å². The van der Waals surface area contributed by atoms with Gasteiger partial charge in [-0.1, -0.05) is 19.1 Å². The Morgan fingerprint density at radius 3 is 2.65 bits per heavy atom. The molecule has 2 aliphatic carbocycles. The van der Waals surface area contributed by atoms with Crippen molar-refractivity contribution >= 4 is 11.7 Å². The Kier molecular flexibility index (Phi) is 6.23. The zero-order valence-corrected chi connectivity index (χ0v) is 20.3. The summed E-state index contributed by atoms with van der Waals surface area (Å²) in [6.07, 6.45) is 6.88. The van der Waals surface area contributed by atoms with E-state index in [2.05, 4.69) is 20.2 Å². The number of nitrogens with one attached hydrogen (secondary N) is 1. The Balaban J connectivity index is 1.17. The molecule has 0 radical (unpaired) electrons. The lowest BCUT2D eigenvalue weighted by Crippen LogP contribution is -2.32. The number of carbonyl (C=O) groups excluding carboxylic acids is 1. The van der Waals surface area contributed by atoms with Crippen molar-refractivity contribution < 1.29 is 19.0 Å². The van der Waals surface area contributed by atoms with E-state index >= 15 is 0 Å². The standard InChI is InChI=1S/C26H34N4O4/c1-17(29-25(31)26(2)11-12-26)19-6-8-20(9-7-19)34-21-10-13-30(14-21)23-22(32-3)24(28-16-27-23)33-15-18-4-5-18/h6-9,16-18,21H,4-5,10-15H2,1-3H3,(H,29,31)/t17-,21+/m0/s1. The van der Waals surface area contributed by atoms with Gasteiger partial charge in [-0.2, -0.15) is 4.98 Å².